The minimum atomic E-state index is -0.406. The summed E-state index contributed by atoms with van der Waals surface area (Å²) in [5.41, 5.74) is 6.85. The van der Waals surface area contributed by atoms with E-state index in [-0.39, 0.29) is 18.7 Å². The predicted molar refractivity (Wildman–Crippen MR) is 98.9 cm³/mol. The number of nitrogens with zero attached hydrogens (tertiary/aromatic N) is 2. The number of aromatic nitrogens is 2. The third-order valence-corrected chi connectivity index (χ3v) is 5.81. The average Bonchev–Trinajstić information content (AvgIpc) is 3.02. The third kappa shape index (κ3) is 4.04. The zero-order valence-corrected chi connectivity index (χ0v) is 15.8. The van der Waals surface area contributed by atoms with Gasteiger partial charge in [0.05, 0.1) is 18.9 Å². The highest BCUT2D eigenvalue weighted by molar-refractivity contribution is 7.98. The molecular formula is C16H20N4O3S2. The van der Waals surface area contributed by atoms with Crippen molar-refractivity contribution in [2.75, 3.05) is 18.8 Å². The molecule has 0 saturated carbocycles. The average molecular weight is 380 g/mol. The molecule has 0 aliphatic heterocycles. The first-order chi connectivity index (χ1) is 12.1. The molecule has 1 aliphatic carbocycles. The molecule has 7 nitrogen and oxygen atoms in total. The number of carbonyl (C=O) groups is 2. The number of rotatable bonds is 6. The Bertz CT molecular complexity index is 806. The molecule has 1 amide bonds. The minimum Gasteiger partial charge on any atom is -0.469 e. The maximum Gasteiger partial charge on any atom is 0.306 e. The molecule has 0 radical (unpaired) electrons. The summed E-state index contributed by atoms with van der Waals surface area (Å²) in [5.74, 6) is -0.0664. The van der Waals surface area contributed by atoms with Crippen LogP contribution in [0.2, 0.25) is 0 Å². The van der Waals surface area contributed by atoms with Gasteiger partial charge in [0.25, 0.3) is 0 Å². The quantitative estimate of drug-likeness (QED) is 0.344. The Balaban J connectivity index is 1.81. The van der Waals surface area contributed by atoms with Crippen molar-refractivity contribution in [2.45, 2.75) is 43.7 Å². The second-order valence-corrected chi connectivity index (χ2v) is 7.56. The standard InChI is InChI=1S/C16H20N4O3S2/c1-23-12(22)8-7-11(21)19-20-14-13-9-5-3-4-6-10(9)25-15(13)18-16(17-14)24-2/h3-8H2,1-2H3,(H,19,21)(H,17,18,20). The molecule has 9 heteroatoms. The Hall–Kier alpha value is -1.87. The maximum atomic E-state index is 11.9. The molecule has 2 aromatic heterocycles. The predicted octanol–water partition coefficient (Wildman–Crippen LogP) is 2.69. The number of hydrogen-bond donors (Lipinski definition) is 2. The van der Waals surface area contributed by atoms with Crippen molar-refractivity contribution < 1.29 is 14.3 Å². The van der Waals surface area contributed by atoms with Crippen molar-refractivity contribution in [1.82, 2.24) is 15.4 Å². The summed E-state index contributed by atoms with van der Waals surface area (Å²) < 4.78 is 4.54. The summed E-state index contributed by atoms with van der Waals surface area (Å²) in [4.78, 5) is 34.5. The lowest BCUT2D eigenvalue weighted by Crippen LogP contribution is -2.30. The highest BCUT2D eigenvalue weighted by Crippen LogP contribution is 2.39. The van der Waals surface area contributed by atoms with E-state index >= 15 is 0 Å². The first-order valence-corrected chi connectivity index (χ1v) is 10.1. The number of esters is 1. The second-order valence-electron chi connectivity index (χ2n) is 5.70. The molecule has 3 rings (SSSR count). The molecule has 0 spiro atoms. The molecule has 2 heterocycles. The van der Waals surface area contributed by atoms with Crippen LogP contribution >= 0.6 is 23.1 Å². The fourth-order valence-electron chi connectivity index (χ4n) is 2.83. The van der Waals surface area contributed by atoms with Crippen LogP contribution in [-0.4, -0.2) is 35.2 Å². The Labute approximate surface area is 153 Å². The summed E-state index contributed by atoms with van der Waals surface area (Å²) in [7, 11) is 1.31. The van der Waals surface area contributed by atoms with Gasteiger partial charge < -0.3 is 4.74 Å². The van der Waals surface area contributed by atoms with Crippen molar-refractivity contribution in [1.29, 1.82) is 0 Å². The van der Waals surface area contributed by atoms with Crippen molar-refractivity contribution in [2.24, 2.45) is 0 Å². The van der Waals surface area contributed by atoms with Gasteiger partial charge in [-0.2, -0.15) is 0 Å². The van der Waals surface area contributed by atoms with Gasteiger partial charge in [-0.1, -0.05) is 11.8 Å². The summed E-state index contributed by atoms with van der Waals surface area (Å²) in [6.07, 6.45) is 6.49. The molecular weight excluding hydrogens is 360 g/mol. The van der Waals surface area contributed by atoms with E-state index in [2.05, 4.69) is 25.6 Å². The zero-order chi connectivity index (χ0) is 17.8. The molecule has 134 valence electrons. The summed E-state index contributed by atoms with van der Waals surface area (Å²) >= 11 is 3.18. The number of ether oxygens (including phenoxy) is 1. The molecule has 25 heavy (non-hydrogen) atoms. The van der Waals surface area contributed by atoms with Crippen LogP contribution in [0.15, 0.2) is 5.16 Å². The van der Waals surface area contributed by atoms with Crippen molar-refractivity contribution in [3.05, 3.63) is 10.4 Å². The summed E-state index contributed by atoms with van der Waals surface area (Å²) in [6.45, 7) is 0. The number of aryl methyl sites for hydroxylation is 2. The van der Waals surface area contributed by atoms with Gasteiger partial charge in [-0.05, 0) is 37.5 Å². The van der Waals surface area contributed by atoms with Crippen LogP contribution < -0.4 is 10.9 Å². The van der Waals surface area contributed by atoms with Gasteiger partial charge in [-0.25, -0.2) is 9.97 Å². The number of thioether (sulfide) groups is 1. The lowest BCUT2D eigenvalue weighted by molar-refractivity contribution is -0.142. The van der Waals surface area contributed by atoms with Gasteiger partial charge in [0.2, 0.25) is 5.91 Å². The van der Waals surface area contributed by atoms with E-state index in [1.165, 1.54) is 35.7 Å². The normalized spacial score (nSPS) is 13.4. The van der Waals surface area contributed by atoms with E-state index in [0.717, 1.165) is 29.5 Å². The Morgan fingerprint density at radius 2 is 2.04 bits per heavy atom. The molecule has 0 atom stereocenters. The van der Waals surface area contributed by atoms with E-state index in [0.29, 0.717) is 11.0 Å². The molecule has 0 unspecified atom stereocenters. The van der Waals surface area contributed by atoms with Gasteiger partial charge in [-0.3, -0.25) is 20.4 Å². The third-order valence-electron chi connectivity index (χ3n) is 4.08. The van der Waals surface area contributed by atoms with Crippen LogP contribution in [0.1, 0.15) is 36.1 Å². The topological polar surface area (TPSA) is 93.2 Å². The number of amides is 1. The number of hydrazine groups is 1. The van der Waals surface area contributed by atoms with Crippen LogP contribution in [0.5, 0.6) is 0 Å². The van der Waals surface area contributed by atoms with Crippen LogP contribution in [-0.2, 0) is 27.2 Å². The monoisotopic (exact) mass is 380 g/mol. The fraction of sp³-hybridized carbons (Fsp3) is 0.500. The summed E-state index contributed by atoms with van der Waals surface area (Å²) in [5, 5.41) is 1.67. The van der Waals surface area contributed by atoms with E-state index in [1.54, 1.807) is 11.3 Å². The number of thiophene rings is 1. The van der Waals surface area contributed by atoms with E-state index in [1.807, 2.05) is 6.26 Å². The molecule has 2 N–H and O–H groups in total. The number of nitrogens with one attached hydrogen (secondary N) is 2. The Morgan fingerprint density at radius 3 is 2.80 bits per heavy atom. The first kappa shape index (κ1) is 17.9. The highest BCUT2D eigenvalue weighted by Gasteiger charge is 2.21. The molecule has 0 fully saturated rings. The van der Waals surface area contributed by atoms with Crippen molar-refractivity contribution in [3.63, 3.8) is 0 Å². The smallest absolute Gasteiger partial charge is 0.306 e. The van der Waals surface area contributed by atoms with Crippen LogP contribution in [0.3, 0.4) is 0 Å². The SMILES string of the molecule is COC(=O)CCC(=O)NNc1nc(SC)nc2sc3c(c12)CCCC3. The molecule has 0 aromatic carbocycles. The van der Waals surface area contributed by atoms with Crippen molar-refractivity contribution >= 4 is 51.0 Å². The van der Waals surface area contributed by atoms with Crippen molar-refractivity contribution in [3.8, 4) is 0 Å². The van der Waals surface area contributed by atoms with E-state index in [9.17, 15) is 9.59 Å². The van der Waals surface area contributed by atoms with Gasteiger partial charge >= 0.3 is 5.97 Å². The minimum absolute atomic E-state index is 0.0487. The van der Waals surface area contributed by atoms with E-state index in [4.69, 9.17) is 0 Å². The van der Waals surface area contributed by atoms with E-state index < -0.39 is 5.97 Å². The number of anilines is 1. The zero-order valence-electron chi connectivity index (χ0n) is 14.2. The second kappa shape index (κ2) is 8.01. The molecule has 0 saturated heterocycles. The Kier molecular flexibility index (Phi) is 5.74. The number of carbonyl (C=O) groups excluding carboxylic acids is 2. The fourth-order valence-corrected chi connectivity index (χ4v) is 4.51. The number of fused-ring (bicyclic) bond motifs is 3. The number of methoxy groups -OCH3 is 1. The first-order valence-electron chi connectivity index (χ1n) is 8.10. The van der Waals surface area contributed by atoms with Gasteiger partial charge in [0.1, 0.15) is 4.83 Å². The summed E-state index contributed by atoms with van der Waals surface area (Å²) in [6, 6.07) is 0. The van der Waals surface area contributed by atoms with Gasteiger partial charge in [0, 0.05) is 11.3 Å². The maximum absolute atomic E-state index is 11.9. The van der Waals surface area contributed by atoms with Gasteiger partial charge in [-0.15, -0.1) is 11.3 Å². The Morgan fingerprint density at radius 1 is 1.24 bits per heavy atom. The van der Waals surface area contributed by atoms with Crippen LogP contribution in [0.25, 0.3) is 10.2 Å². The lowest BCUT2D eigenvalue weighted by Gasteiger charge is -2.13. The molecule has 1 aliphatic rings. The largest absolute Gasteiger partial charge is 0.469 e. The number of hydrogen-bond acceptors (Lipinski definition) is 8. The molecule has 2 aromatic rings. The van der Waals surface area contributed by atoms with Crippen LogP contribution in [0, 0.1) is 0 Å². The van der Waals surface area contributed by atoms with Crippen LogP contribution in [0.4, 0.5) is 5.82 Å². The van der Waals surface area contributed by atoms with Gasteiger partial charge in [0.15, 0.2) is 11.0 Å². The lowest BCUT2D eigenvalue weighted by atomic mass is 9.97. The molecule has 0 bridgehead atoms. The highest BCUT2D eigenvalue weighted by atomic mass is 32.2.